The Morgan fingerprint density at radius 3 is 2.68 bits per heavy atom. The molecule has 6 heteroatoms. The van der Waals surface area contributed by atoms with Crippen molar-refractivity contribution in [2.45, 2.75) is 51.7 Å². The zero-order chi connectivity index (χ0) is 17.8. The van der Waals surface area contributed by atoms with Gasteiger partial charge in [0.15, 0.2) is 0 Å². The number of rotatable bonds is 5. The highest BCUT2D eigenvalue weighted by molar-refractivity contribution is 5.95. The molecule has 2 aliphatic rings. The predicted octanol–water partition coefficient (Wildman–Crippen LogP) is 3.20. The Morgan fingerprint density at radius 2 is 1.96 bits per heavy atom. The van der Waals surface area contributed by atoms with Crippen LogP contribution >= 0.6 is 0 Å². The van der Waals surface area contributed by atoms with E-state index in [1.807, 2.05) is 24.3 Å². The molecule has 1 saturated carbocycles. The van der Waals surface area contributed by atoms with Crippen molar-refractivity contribution in [2.75, 3.05) is 6.61 Å². The highest BCUT2D eigenvalue weighted by Gasteiger charge is 2.34. The second kappa shape index (κ2) is 7.59. The maximum absolute atomic E-state index is 12.4. The third kappa shape index (κ3) is 3.78. The molecule has 1 atom stereocenters. The summed E-state index contributed by atoms with van der Waals surface area (Å²) >= 11 is 0. The minimum Gasteiger partial charge on any atom is -0.490 e. The van der Waals surface area contributed by atoms with Crippen LogP contribution in [0.15, 0.2) is 35.5 Å². The number of carbonyl (C=O) groups excluding carboxylic acids is 2. The lowest BCUT2D eigenvalue weighted by molar-refractivity contribution is -0.139. The van der Waals surface area contributed by atoms with Gasteiger partial charge in [0.2, 0.25) is 0 Å². The van der Waals surface area contributed by atoms with Gasteiger partial charge in [-0.3, -0.25) is 0 Å². The molecule has 1 aliphatic carbocycles. The number of urea groups is 1. The molecule has 1 aromatic rings. The molecule has 2 amide bonds. The molecule has 1 aliphatic heterocycles. The third-order valence-corrected chi connectivity index (χ3v) is 4.59. The molecule has 6 nitrogen and oxygen atoms in total. The van der Waals surface area contributed by atoms with Crippen molar-refractivity contribution in [3.63, 3.8) is 0 Å². The first kappa shape index (κ1) is 17.3. The van der Waals surface area contributed by atoms with E-state index in [2.05, 4.69) is 10.6 Å². The molecule has 25 heavy (non-hydrogen) atoms. The molecule has 2 N–H and O–H groups in total. The Hall–Kier alpha value is -2.50. The van der Waals surface area contributed by atoms with E-state index < -0.39 is 12.0 Å². The van der Waals surface area contributed by atoms with Crippen LogP contribution in [-0.4, -0.2) is 24.7 Å². The highest BCUT2D eigenvalue weighted by Crippen LogP contribution is 2.35. The van der Waals surface area contributed by atoms with Crippen LogP contribution in [-0.2, 0) is 9.53 Å². The van der Waals surface area contributed by atoms with Gasteiger partial charge >= 0.3 is 12.0 Å². The summed E-state index contributed by atoms with van der Waals surface area (Å²) in [4.78, 5) is 24.4. The Morgan fingerprint density at radius 1 is 1.24 bits per heavy atom. The van der Waals surface area contributed by atoms with E-state index >= 15 is 0 Å². The quantitative estimate of drug-likeness (QED) is 0.804. The number of allylic oxidation sites excluding steroid dienone is 1. The number of nitrogens with one attached hydrogen (secondary N) is 2. The van der Waals surface area contributed by atoms with E-state index in [1.54, 1.807) is 13.8 Å². The summed E-state index contributed by atoms with van der Waals surface area (Å²) in [7, 11) is 0. The average Bonchev–Trinajstić information content (AvgIpc) is 3.08. The molecule has 3 rings (SSSR count). The van der Waals surface area contributed by atoms with Gasteiger partial charge in [-0.05, 0) is 45.6 Å². The number of carbonyl (C=O) groups is 2. The van der Waals surface area contributed by atoms with Crippen LogP contribution in [0.4, 0.5) is 4.79 Å². The zero-order valence-corrected chi connectivity index (χ0v) is 14.6. The van der Waals surface area contributed by atoms with E-state index in [9.17, 15) is 9.59 Å². The van der Waals surface area contributed by atoms with Crippen LogP contribution < -0.4 is 15.4 Å². The molecule has 0 spiro atoms. The van der Waals surface area contributed by atoms with Gasteiger partial charge in [-0.15, -0.1) is 0 Å². The molecular formula is C19H24N2O4. The third-order valence-electron chi connectivity index (χ3n) is 4.59. The van der Waals surface area contributed by atoms with E-state index in [-0.39, 0.29) is 18.7 Å². The summed E-state index contributed by atoms with van der Waals surface area (Å²) in [6.45, 7) is 3.74. The van der Waals surface area contributed by atoms with Gasteiger partial charge in [0, 0.05) is 11.3 Å². The van der Waals surface area contributed by atoms with E-state index in [4.69, 9.17) is 9.47 Å². The fourth-order valence-electron chi connectivity index (χ4n) is 3.42. The molecule has 0 unspecified atom stereocenters. The summed E-state index contributed by atoms with van der Waals surface area (Å²) in [5.41, 5.74) is 1.68. The van der Waals surface area contributed by atoms with Gasteiger partial charge in [-0.2, -0.15) is 0 Å². The number of para-hydroxylation sites is 1. The van der Waals surface area contributed by atoms with E-state index in [1.165, 1.54) is 12.8 Å². The van der Waals surface area contributed by atoms with Crippen LogP contribution in [0.5, 0.6) is 5.75 Å². The largest absolute Gasteiger partial charge is 0.490 e. The first-order valence-electron chi connectivity index (χ1n) is 8.81. The van der Waals surface area contributed by atoms with Crippen LogP contribution in [0, 0.1) is 0 Å². The Bertz CT molecular complexity index is 692. The molecule has 1 heterocycles. The van der Waals surface area contributed by atoms with Crippen LogP contribution in [0.3, 0.4) is 0 Å². The lowest BCUT2D eigenvalue weighted by Gasteiger charge is -2.29. The second-order valence-electron chi connectivity index (χ2n) is 6.35. The Kier molecular flexibility index (Phi) is 5.26. The topological polar surface area (TPSA) is 76.7 Å². The molecular weight excluding hydrogens is 320 g/mol. The Labute approximate surface area is 147 Å². The maximum Gasteiger partial charge on any atom is 0.338 e. The molecule has 0 bridgehead atoms. The number of hydrogen-bond acceptors (Lipinski definition) is 4. The molecule has 0 radical (unpaired) electrons. The number of amides is 2. The SMILES string of the molecule is CCOC(=O)C1=C(C)NC(=O)N[C@H]1c1ccccc1OC1CCCC1. The van der Waals surface area contributed by atoms with Crippen LogP contribution in [0.1, 0.15) is 51.1 Å². The van der Waals surface area contributed by atoms with Crippen LogP contribution in [0.25, 0.3) is 0 Å². The fourth-order valence-corrected chi connectivity index (χ4v) is 3.42. The predicted molar refractivity (Wildman–Crippen MR) is 93.1 cm³/mol. The number of benzene rings is 1. The number of esters is 1. The van der Waals surface area contributed by atoms with Crippen molar-refractivity contribution in [1.29, 1.82) is 0 Å². The van der Waals surface area contributed by atoms with Gasteiger partial charge in [0.25, 0.3) is 0 Å². The normalized spacial score (nSPS) is 20.9. The maximum atomic E-state index is 12.4. The minimum atomic E-state index is -0.592. The highest BCUT2D eigenvalue weighted by atomic mass is 16.5. The standard InChI is InChI=1S/C19H24N2O4/c1-3-24-18(22)16-12(2)20-19(23)21-17(16)14-10-6-7-11-15(14)25-13-8-4-5-9-13/h6-7,10-11,13,17H,3-5,8-9H2,1-2H3,(H2,20,21,23)/t17-/m0/s1. The zero-order valence-electron chi connectivity index (χ0n) is 14.6. The van der Waals surface area contributed by atoms with Crippen molar-refractivity contribution in [3.8, 4) is 5.75 Å². The molecule has 1 fully saturated rings. The minimum absolute atomic E-state index is 0.190. The lowest BCUT2D eigenvalue weighted by atomic mass is 9.94. The van der Waals surface area contributed by atoms with Crippen molar-refractivity contribution >= 4 is 12.0 Å². The van der Waals surface area contributed by atoms with Crippen LogP contribution in [0.2, 0.25) is 0 Å². The summed E-state index contributed by atoms with van der Waals surface area (Å²) < 4.78 is 11.4. The number of hydrogen-bond donors (Lipinski definition) is 2. The summed E-state index contributed by atoms with van der Waals surface area (Å²) in [5, 5.41) is 5.48. The first-order chi connectivity index (χ1) is 12.1. The Balaban J connectivity index is 1.96. The second-order valence-corrected chi connectivity index (χ2v) is 6.35. The average molecular weight is 344 g/mol. The van der Waals surface area contributed by atoms with Gasteiger partial charge in [-0.1, -0.05) is 18.2 Å². The van der Waals surface area contributed by atoms with Gasteiger partial charge < -0.3 is 20.1 Å². The monoisotopic (exact) mass is 344 g/mol. The lowest BCUT2D eigenvalue weighted by Crippen LogP contribution is -2.45. The summed E-state index contributed by atoms with van der Waals surface area (Å²) in [6, 6.07) is 6.62. The van der Waals surface area contributed by atoms with E-state index in [0.29, 0.717) is 17.0 Å². The van der Waals surface area contributed by atoms with Crippen molar-refractivity contribution in [2.24, 2.45) is 0 Å². The molecule has 0 aromatic heterocycles. The molecule has 0 saturated heterocycles. The smallest absolute Gasteiger partial charge is 0.338 e. The van der Waals surface area contributed by atoms with Crippen molar-refractivity contribution in [3.05, 3.63) is 41.1 Å². The van der Waals surface area contributed by atoms with Gasteiger partial charge in [0.1, 0.15) is 5.75 Å². The van der Waals surface area contributed by atoms with Crippen molar-refractivity contribution < 1.29 is 19.1 Å². The molecule has 134 valence electrons. The fraction of sp³-hybridized carbons (Fsp3) is 0.474. The van der Waals surface area contributed by atoms with Gasteiger partial charge in [-0.25, -0.2) is 9.59 Å². The summed E-state index contributed by atoms with van der Waals surface area (Å²) in [6.07, 6.45) is 4.60. The van der Waals surface area contributed by atoms with Crippen molar-refractivity contribution in [1.82, 2.24) is 10.6 Å². The van der Waals surface area contributed by atoms with Gasteiger partial charge in [0.05, 0.1) is 24.3 Å². The van der Waals surface area contributed by atoms with E-state index in [0.717, 1.165) is 18.4 Å². The molecule has 1 aromatic carbocycles. The number of ether oxygens (including phenoxy) is 2. The first-order valence-corrected chi connectivity index (χ1v) is 8.81. The summed E-state index contributed by atoms with van der Waals surface area (Å²) in [5.74, 6) is 0.268.